The molecular formula is C31H39N3O3. The summed E-state index contributed by atoms with van der Waals surface area (Å²) in [4.78, 5) is 29.7. The van der Waals surface area contributed by atoms with Crippen molar-refractivity contribution in [2.75, 3.05) is 36.5 Å². The molecule has 0 saturated carbocycles. The predicted octanol–water partition coefficient (Wildman–Crippen LogP) is 6.55. The highest BCUT2D eigenvalue weighted by atomic mass is 16.5. The number of ether oxygens (including phenoxy) is 1. The smallest absolute Gasteiger partial charge is 0.322 e. The highest BCUT2D eigenvalue weighted by molar-refractivity contribution is 5.95. The van der Waals surface area contributed by atoms with Crippen molar-refractivity contribution in [2.45, 2.75) is 41.5 Å². The summed E-state index contributed by atoms with van der Waals surface area (Å²) in [5, 5.41) is 3.04. The maximum Gasteiger partial charge on any atom is 0.322 e. The molecule has 0 aliphatic carbocycles. The third kappa shape index (κ3) is 7.35. The van der Waals surface area contributed by atoms with Gasteiger partial charge < -0.3 is 19.9 Å². The van der Waals surface area contributed by atoms with Crippen molar-refractivity contribution >= 4 is 23.3 Å². The fourth-order valence-electron chi connectivity index (χ4n) is 4.26. The van der Waals surface area contributed by atoms with E-state index in [1.165, 1.54) is 0 Å². The lowest BCUT2D eigenvalue weighted by Gasteiger charge is -2.26. The Morgan fingerprint density at radius 1 is 1.11 bits per heavy atom. The van der Waals surface area contributed by atoms with Crippen LogP contribution in [0.15, 0.2) is 78.1 Å². The number of carbonyl (C=O) groups is 2. The molecule has 1 fully saturated rings. The minimum atomic E-state index is -0.180. The second kappa shape index (κ2) is 12.4. The second-order valence-corrected chi connectivity index (χ2v) is 9.91. The monoisotopic (exact) mass is 501 g/mol. The normalized spacial score (nSPS) is 15.9. The Kier molecular flexibility index (Phi) is 9.34. The van der Waals surface area contributed by atoms with Gasteiger partial charge >= 0.3 is 6.03 Å². The Balaban J connectivity index is 1.82. The Hall–Kier alpha value is -3.80. The van der Waals surface area contributed by atoms with Crippen LogP contribution in [-0.4, -0.2) is 43.1 Å². The number of carbonyl (C=O) groups excluding carboxylic acids is 2. The van der Waals surface area contributed by atoms with Crippen molar-refractivity contribution in [3.8, 4) is 0 Å². The number of hydrogen-bond acceptors (Lipinski definition) is 3. The Morgan fingerprint density at radius 2 is 1.78 bits per heavy atom. The van der Waals surface area contributed by atoms with Crippen LogP contribution in [0.1, 0.15) is 37.5 Å². The van der Waals surface area contributed by atoms with Gasteiger partial charge in [-0.15, -0.1) is 0 Å². The molecule has 1 heterocycles. The van der Waals surface area contributed by atoms with Gasteiger partial charge in [-0.2, -0.15) is 0 Å². The van der Waals surface area contributed by atoms with E-state index in [0.717, 1.165) is 45.0 Å². The van der Waals surface area contributed by atoms with Gasteiger partial charge in [0.25, 0.3) is 0 Å². The molecule has 196 valence electrons. The first-order chi connectivity index (χ1) is 17.6. The number of amides is 3. The lowest BCUT2D eigenvalue weighted by molar-refractivity contribution is -0.121. The van der Waals surface area contributed by atoms with Crippen LogP contribution in [0.3, 0.4) is 0 Å². The summed E-state index contributed by atoms with van der Waals surface area (Å²) >= 11 is 0. The summed E-state index contributed by atoms with van der Waals surface area (Å²) in [6, 6.07) is 13.7. The van der Waals surface area contributed by atoms with Crippen LogP contribution >= 0.6 is 0 Å². The molecule has 0 spiro atoms. The molecule has 1 N–H and O–H groups in total. The fraction of sp³-hybridized carbons (Fsp3) is 0.355. The van der Waals surface area contributed by atoms with Crippen LogP contribution in [0.2, 0.25) is 0 Å². The SMILES string of the molecule is C=C(C=C1CN(C(=O)Nc2ccc(C)cc2C)CCOC1=CC)CN(C(=O)C(C)C)c1ccc(C)cc1. The Bertz CT molecular complexity index is 1210. The quantitative estimate of drug-likeness (QED) is 0.488. The van der Waals surface area contributed by atoms with Gasteiger partial charge in [0.15, 0.2) is 0 Å². The molecule has 2 aromatic rings. The van der Waals surface area contributed by atoms with Gasteiger partial charge in [0.2, 0.25) is 5.91 Å². The molecule has 0 radical (unpaired) electrons. The Morgan fingerprint density at radius 3 is 2.41 bits per heavy atom. The summed E-state index contributed by atoms with van der Waals surface area (Å²) in [5.74, 6) is 0.597. The maximum atomic E-state index is 13.2. The van der Waals surface area contributed by atoms with E-state index >= 15 is 0 Å². The topological polar surface area (TPSA) is 61.9 Å². The van der Waals surface area contributed by atoms with Gasteiger partial charge in [-0.3, -0.25) is 4.79 Å². The summed E-state index contributed by atoms with van der Waals surface area (Å²) in [6.07, 6.45) is 3.84. The molecule has 1 aliphatic rings. The Labute approximate surface area is 221 Å². The molecule has 1 aliphatic heterocycles. The van der Waals surface area contributed by atoms with Crippen LogP contribution in [0.25, 0.3) is 0 Å². The number of rotatable bonds is 6. The summed E-state index contributed by atoms with van der Waals surface area (Å²) < 4.78 is 5.97. The van der Waals surface area contributed by atoms with Crippen LogP contribution in [0.4, 0.5) is 16.2 Å². The van der Waals surface area contributed by atoms with Crippen molar-refractivity contribution in [3.05, 3.63) is 94.8 Å². The molecule has 0 unspecified atom stereocenters. The summed E-state index contributed by atoms with van der Waals surface area (Å²) in [6.45, 7) is 17.6. The molecule has 0 bridgehead atoms. The number of allylic oxidation sites excluding steroid dienone is 1. The largest absolute Gasteiger partial charge is 0.492 e. The number of aryl methyl sites for hydroxylation is 3. The third-order valence-corrected chi connectivity index (χ3v) is 6.31. The maximum absolute atomic E-state index is 13.2. The van der Waals surface area contributed by atoms with E-state index in [2.05, 4.69) is 11.9 Å². The van der Waals surface area contributed by atoms with Gasteiger partial charge in [0.1, 0.15) is 12.4 Å². The van der Waals surface area contributed by atoms with Gasteiger partial charge in [-0.05, 0) is 69.2 Å². The minimum Gasteiger partial charge on any atom is -0.492 e. The molecular weight excluding hydrogens is 462 g/mol. The first kappa shape index (κ1) is 27.8. The number of nitrogens with one attached hydrogen (secondary N) is 1. The van der Waals surface area contributed by atoms with E-state index in [9.17, 15) is 9.59 Å². The lowest BCUT2D eigenvalue weighted by atomic mass is 10.1. The van der Waals surface area contributed by atoms with Crippen molar-refractivity contribution in [1.82, 2.24) is 4.90 Å². The first-order valence-corrected chi connectivity index (χ1v) is 12.8. The molecule has 1 saturated heterocycles. The number of urea groups is 1. The van der Waals surface area contributed by atoms with Crippen LogP contribution < -0.4 is 10.2 Å². The fourth-order valence-corrected chi connectivity index (χ4v) is 4.26. The van der Waals surface area contributed by atoms with E-state index in [1.807, 2.05) is 96.2 Å². The van der Waals surface area contributed by atoms with Crippen LogP contribution in [0.5, 0.6) is 0 Å². The predicted molar refractivity (Wildman–Crippen MR) is 152 cm³/mol. The molecule has 0 atom stereocenters. The van der Waals surface area contributed by atoms with E-state index in [0.29, 0.717) is 26.2 Å². The average Bonchev–Trinajstić information content (AvgIpc) is 3.06. The molecule has 6 heteroatoms. The standard InChI is InChI=1S/C31H39N3O3/c1-8-29-26(18-24(6)19-34(30(35)21(2)3)27-12-9-22(4)10-13-27)20-33(15-16-37-29)31(36)32-28-14-11-23(5)17-25(28)7/h8-14,17-18,21H,6,15-16,19-20H2,1-5,7H3,(H,32,36). The van der Waals surface area contributed by atoms with Crippen molar-refractivity contribution in [1.29, 1.82) is 0 Å². The number of hydrogen-bond donors (Lipinski definition) is 1. The summed E-state index contributed by atoms with van der Waals surface area (Å²) in [7, 11) is 0. The number of benzene rings is 2. The highest BCUT2D eigenvalue weighted by Crippen LogP contribution is 2.24. The highest BCUT2D eigenvalue weighted by Gasteiger charge is 2.24. The van der Waals surface area contributed by atoms with Gasteiger partial charge in [-0.25, -0.2) is 4.79 Å². The zero-order valence-corrected chi connectivity index (χ0v) is 22.9. The van der Waals surface area contributed by atoms with Gasteiger partial charge in [0, 0.05) is 22.9 Å². The van der Waals surface area contributed by atoms with E-state index in [1.54, 1.807) is 9.80 Å². The summed E-state index contributed by atoms with van der Waals surface area (Å²) in [5.41, 5.74) is 6.53. The second-order valence-electron chi connectivity index (χ2n) is 9.91. The molecule has 2 aromatic carbocycles. The molecule has 6 nitrogen and oxygen atoms in total. The first-order valence-electron chi connectivity index (χ1n) is 12.8. The van der Waals surface area contributed by atoms with Crippen molar-refractivity contribution < 1.29 is 14.3 Å². The van der Waals surface area contributed by atoms with Crippen molar-refractivity contribution in [3.63, 3.8) is 0 Å². The van der Waals surface area contributed by atoms with Crippen LogP contribution in [0, 0.1) is 26.7 Å². The van der Waals surface area contributed by atoms with E-state index < -0.39 is 0 Å². The zero-order valence-electron chi connectivity index (χ0n) is 22.9. The van der Waals surface area contributed by atoms with E-state index in [-0.39, 0.29) is 17.9 Å². The minimum absolute atomic E-state index is 0.0289. The van der Waals surface area contributed by atoms with Gasteiger partial charge in [-0.1, -0.05) is 55.8 Å². The molecule has 0 aromatic heterocycles. The number of nitrogens with zero attached hydrogens (tertiary/aromatic N) is 2. The van der Waals surface area contributed by atoms with Crippen molar-refractivity contribution in [2.24, 2.45) is 5.92 Å². The average molecular weight is 502 g/mol. The third-order valence-electron chi connectivity index (χ3n) is 6.31. The zero-order chi connectivity index (χ0) is 27.1. The van der Waals surface area contributed by atoms with Gasteiger partial charge in [0.05, 0.1) is 19.6 Å². The molecule has 37 heavy (non-hydrogen) atoms. The van der Waals surface area contributed by atoms with E-state index in [4.69, 9.17) is 4.74 Å². The molecule has 3 amide bonds. The molecule has 3 rings (SSSR count). The van der Waals surface area contributed by atoms with Crippen LogP contribution in [-0.2, 0) is 9.53 Å². The lowest BCUT2D eigenvalue weighted by Crippen LogP contribution is -2.37. The number of anilines is 2.